The van der Waals surface area contributed by atoms with Gasteiger partial charge in [-0.05, 0) is 25.1 Å². The smallest absolute Gasteiger partial charge is 0.219 e. The first-order valence-corrected chi connectivity index (χ1v) is 5.09. The van der Waals surface area contributed by atoms with E-state index in [0.29, 0.717) is 22.2 Å². The van der Waals surface area contributed by atoms with Crippen LogP contribution in [0, 0.1) is 12.7 Å². The third-order valence-corrected chi connectivity index (χ3v) is 2.36. The molecule has 0 bridgehead atoms. The molecule has 1 aromatic carbocycles. The van der Waals surface area contributed by atoms with Gasteiger partial charge in [0, 0.05) is 17.8 Å². The molecule has 0 fully saturated rings. The van der Waals surface area contributed by atoms with Crippen LogP contribution in [-0.2, 0) is 0 Å². The summed E-state index contributed by atoms with van der Waals surface area (Å²) >= 11 is 5.69. The highest BCUT2D eigenvalue weighted by atomic mass is 35.5. The summed E-state index contributed by atoms with van der Waals surface area (Å²) in [6.07, 6.45) is 1.48. The molecule has 1 aromatic heterocycles. The third-order valence-electron chi connectivity index (χ3n) is 2.13. The van der Waals surface area contributed by atoms with E-state index >= 15 is 0 Å². The maximum absolute atomic E-state index is 13.2. The number of ether oxygens (including phenoxy) is 1. The lowest BCUT2D eigenvalue weighted by Crippen LogP contribution is -1.91. The first kappa shape index (κ1) is 10.9. The second-order valence-electron chi connectivity index (χ2n) is 3.28. The lowest BCUT2D eigenvalue weighted by atomic mass is 10.2. The molecule has 16 heavy (non-hydrogen) atoms. The molecule has 2 aromatic rings. The highest BCUT2D eigenvalue weighted by molar-refractivity contribution is 6.30. The minimum Gasteiger partial charge on any atom is -0.439 e. The van der Waals surface area contributed by atoms with Crippen molar-refractivity contribution in [3.05, 3.63) is 52.9 Å². The van der Waals surface area contributed by atoms with Crippen LogP contribution in [0.25, 0.3) is 0 Å². The molecule has 0 spiro atoms. The summed E-state index contributed by atoms with van der Waals surface area (Å²) in [5.41, 5.74) is 0.458. The second kappa shape index (κ2) is 4.49. The largest absolute Gasteiger partial charge is 0.439 e. The van der Waals surface area contributed by atoms with Crippen molar-refractivity contribution in [1.29, 1.82) is 0 Å². The molecule has 2 rings (SSSR count). The van der Waals surface area contributed by atoms with Crippen LogP contribution < -0.4 is 4.74 Å². The molecule has 0 aliphatic rings. The molecule has 0 saturated heterocycles. The fraction of sp³-hybridized carbons (Fsp3) is 0.0833. The Labute approximate surface area is 97.7 Å². The normalized spacial score (nSPS) is 10.2. The van der Waals surface area contributed by atoms with Crippen LogP contribution in [0.4, 0.5) is 4.39 Å². The van der Waals surface area contributed by atoms with Gasteiger partial charge in [0.05, 0.1) is 5.02 Å². The van der Waals surface area contributed by atoms with E-state index < -0.39 is 0 Å². The quantitative estimate of drug-likeness (QED) is 0.788. The predicted molar refractivity (Wildman–Crippen MR) is 60.5 cm³/mol. The number of halogens is 2. The first-order chi connectivity index (χ1) is 7.66. The van der Waals surface area contributed by atoms with Gasteiger partial charge in [0.2, 0.25) is 5.88 Å². The summed E-state index contributed by atoms with van der Waals surface area (Å²) < 4.78 is 18.7. The van der Waals surface area contributed by atoms with Gasteiger partial charge in [-0.1, -0.05) is 17.7 Å². The third kappa shape index (κ3) is 2.31. The van der Waals surface area contributed by atoms with Crippen LogP contribution >= 0.6 is 11.6 Å². The molecule has 0 aliphatic heterocycles. The Balaban J connectivity index is 2.27. The summed E-state index contributed by atoms with van der Waals surface area (Å²) in [4.78, 5) is 3.97. The highest BCUT2D eigenvalue weighted by Crippen LogP contribution is 2.25. The van der Waals surface area contributed by atoms with E-state index in [9.17, 15) is 4.39 Å². The van der Waals surface area contributed by atoms with Crippen LogP contribution in [0.2, 0.25) is 5.02 Å². The maximum Gasteiger partial charge on any atom is 0.219 e. The predicted octanol–water partition coefficient (Wildman–Crippen LogP) is 3.97. The van der Waals surface area contributed by atoms with Gasteiger partial charge in [0.15, 0.2) is 0 Å². The molecule has 82 valence electrons. The van der Waals surface area contributed by atoms with Crippen molar-refractivity contribution in [2.45, 2.75) is 6.92 Å². The molecule has 0 saturated carbocycles. The molecular weight excluding hydrogens is 229 g/mol. The van der Waals surface area contributed by atoms with Crippen molar-refractivity contribution < 1.29 is 9.13 Å². The Morgan fingerprint density at radius 3 is 2.75 bits per heavy atom. The van der Waals surface area contributed by atoms with Crippen LogP contribution in [0.3, 0.4) is 0 Å². The van der Waals surface area contributed by atoms with Gasteiger partial charge in [-0.2, -0.15) is 0 Å². The highest BCUT2D eigenvalue weighted by Gasteiger charge is 2.05. The lowest BCUT2D eigenvalue weighted by molar-refractivity contribution is 0.453. The van der Waals surface area contributed by atoms with E-state index in [1.54, 1.807) is 31.2 Å². The zero-order valence-electron chi connectivity index (χ0n) is 8.58. The van der Waals surface area contributed by atoms with Gasteiger partial charge in [0.25, 0.3) is 0 Å². The van der Waals surface area contributed by atoms with Gasteiger partial charge in [-0.3, -0.25) is 0 Å². The summed E-state index contributed by atoms with van der Waals surface area (Å²) in [7, 11) is 0. The number of hydrogen-bond donors (Lipinski definition) is 0. The van der Waals surface area contributed by atoms with Gasteiger partial charge in [-0.25, -0.2) is 9.37 Å². The van der Waals surface area contributed by atoms with E-state index in [-0.39, 0.29) is 5.82 Å². The van der Waals surface area contributed by atoms with Gasteiger partial charge in [-0.15, -0.1) is 0 Å². The number of rotatable bonds is 2. The van der Waals surface area contributed by atoms with Gasteiger partial charge < -0.3 is 4.74 Å². The van der Waals surface area contributed by atoms with E-state index in [4.69, 9.17) is 16.3 Å². The van der Waals surface area contributed by atoms with Crippen molar-refractivity contribution in [3.63, 3.8) is 0 Å². The van der Waals surface area contributed by atoms with Crippen LogP contribution in [0.15, 0.2) is 36.5 Å². The Kier molecular flexibility index (Phi) is 3.06. The standard InChI is InChI=1S/C12H9ClFNO/c1-8-10(14)3-2-4-11(8)16-12-6-5-9(13)7-15-12/h2-7H,1H3. The molecule has 0 amide bonds. The van der Waals surface area contributed by atoms with Crippen molar-refractivity contribution in [2.75, 3.05) is 0 Å². The SMILES string of the molecule is Cc1c(F)cccc1Oc1ccc(Cl)cn1. The maximum atomic E-state index is 13.2. The second-order valence-corrected chi connectivity index (χ2v) is 3.72. The summed E-state index contributed by atoms with van der Waals surface area (Å²) in [6, 6.07) is 7.96. The zero-order chi connectivity index (χ0) is 11.5. The lowest BCUT2D eigenvalue weighted by Gasteiger charge is -2.07. The van der Waals surface area contributed by atoms with E-state index in [1.165, 1.54) is 12.3 Å². The molecule has 0 radical (unpaired) electrons. The number of benzene rings is 1. The molecule has 4 heteroatoms. The molecular formula is C12H9ClFNO. The van der Waals surface area contributed by atoms with Crippen molar-refractivity contribution in [1.82, 2.24) is 4.98 Å². The fourth-order valence-corrected chi connectivity index (χ4v) is 1.35. The zero-order valence-corrected chi connectivity index (χ0v) is 9.33. The number of nitrogens with zero attached hydrogens (tertiary/aromatic N) is 1. The van der Waals surface area contributed by atoms with E-state index in [1.807, 2.05) is 0 Å². The van der Waals surface area contributed by atoms with Crippen molar-refractivity contribution >= 4 is 11.6 Å². The summed E-state index contributed by atoms with van der Waals surface area (Å²) in [6.45, 7) is 1.65. The summed E-state index contributed by atoms with van der Waals surface area (Å²) in [5.74, 6) is 0.541. The van der Waals surface area contributed by atoms with E-state index in [0.717, 1.165) is 0 Å². The van der Waals surface area contributed by atoms with Crippen LogP contribution in [0.5, 0.6) is 11.6 Å². The van der Waals surface area contributed by atoms with Crippen LogP contribution in [-0.4, -0.2) is 4.98 Å². The van der Waals surface area contributed by atoms with Gasteiger partial charge in [0.1, 0.15) is 11.6 Å². The first-order valence-electron chi connectivity index (χ1n) is 4.71. The minimum atomic E-state index is -0.300. The summed E-state index contributed by atoms with van der Waals surface area (Å²) in [5, 5.41) is 0.531. The van der Waals surface area contributed by atoms with Crippen molar-refractivity contribution in [2.24, 2.45) is 0 Å². The molecule has 0 aliphatic carbocycles. The number of hydrogen-bond acceptors (Lipinski definition) is 2. The Morgan fingerprint density at radius 2 is 2.06 bits per heavy atom. The average Bonchev–Trinajstić information content (AvgIpc) is 2.28. The average molecular weight is 238 g/mol. The Hall–Kier alpha value is -1.61. The molecule has 0 N–H and O–H groups in total. The minimum absolute atomic E-state index is 0.300. The monoisotopic (exact) mass is 237 g/mol. The number of pyridine rings is 1. The topological polar surface area (TPSA) is 22.1 Å². The van der Waals surface area contributed by atoms with Crippen molar-refractivity contribution in [3.8, 4) is 11.6 Å². The fourth-order valence-electron chi connectivity index (χ4n) is 1.23. The molecule has 2 nitrogen and oxygen atoms in total. The Morgan fingerprint density at radius 1 is 1.25 bits per heavy atom. The number of aromatic nitrogens is 1. The van der Waals surface area contributed by atoms with Crippen LogP contribution in [0.1, 0.15) is 5.56 Å². The van der Waals surface area contributed by atoms with E-state index in [2.05, 4.69) is 4.98 Å². The molecule has 0 atom stereocenters. The Bertz CT molecular complexity index is 499. The molecule has 0 unspecified atom stereocenters. The molecule has 1 heterocycles. The van der Waals surface area contributed by atoms with Gasteiger partial charge >= 0.3 is 0 Å².